The Hall–Kier alpha value is 2.70. The monoisotopic (exact) mass is 526 g/mol. The zero-order valence-corrected chi connectivity index (χ0v) is 8.57. The van der Waals surface area contributed by atoms with Crippen LogP contribution in [-0.4, -0.2) is 17.4 Å². The van der Waals surface area contributed by atoms with E-state index in [0.29, 0.717) is 0 Å². The van der Waals surface area contributed by atoms with Crippen LogP contribution >= 0.6 is 0 Å². The Morgan fingerprint density at radius 2 is 1.00 bits per heavy atom. The minimum absolute atomic E-state index is 0. The predicted molar refractivity (Wildman–Crippen MR) is 5.75 cm³/mol. The topological polar surface area (TPSA) is 0 Å². The minimum atomic E-state index is 0. The zero-order valence-electron chi connectivity index (χ0n) is 1.50. The van der Waals surface area contributed by atoms with Gasteiger partial charge in [0.1, 0.15) is 0 Å². The quantitative estimate of drug-likeness (QED) is 0.378. The summed E-state index contributed by atoms with van der Waals surface area (Å²) >= 11 is 0. The Labute approximate surface area is 81.9 Å². The second-order valence-corrected chi connectivity index (χ2v) is 0. The van der Waals surface area contributed by atoms with Gasteiger partial charge in [-0.15, -0.1) is 0 Å². The van der Waals surface area contributed by atoms with Gasteiger partial charge in [0.25, 0.3) is 0 Å². The van der Waals surface area contributed by atoms with Crippen LogP contribution in [0.5, 0.6) is 0 Å². The van der Waals surface area contributed by atoms with Crippen LogP contribution in [0.4, 0.5) is 0 Å². The molecule has 0 heterocycles. The van der Waals surface area contributed by atoms with Gasteiger partial charge < -0.3 is 0 Å². The molecule has 0 atom stereocenters. The van der Waals surface area contributed by atoms with Gasteiger partial charge in [-0.1, -0.05) is 0 Å². The third kappa shape index (κ3) is 8.83. The zero-order chi connectivity index (χ0) is 0. The summed E-state index contributed by atoms with van der Waals surface area (Å²) in [5, 5.41) is 0. The van der Waals surface area contributed by atoms with E-state index in [9.17, 15) is 0 Å². The van der Waals surface area contributed by atoms with Crippen LogP contribution in [0.2, 0.25) is 0 Å². The molecule has 0 nitrogen and oxygen atoms in total. The molecule has 0 aromatic carbocycles. The first-order valence-electron chi connectivity index (χ1n) is 0. The van der Waals surface area contributed by atoms with E-state index in [-0.39, 0.29) is 83.2 Å². The molecule has 5 radical (unpaired) electrons. The Balaban J connectivity index is 0. The Morgan fingerprint density at radius 3 is 1.00 bits per heavy atom. The summed E-state index contributed by atoms with van der Waals surface area (Å²) in [7, 11) is 0. The molecule has 0 aliphatic heterocycles. The number of hydrogen-bond donors (Lipinski definition) is 0. The van der Waals surface area contributed by atoms with Gasteiger partial charge in [0.15, 0.2) is 0 Å². The Kier molecular flexibility index (Phi) is 129. The van der Waals surface area contributed by atoms with E-state index in [1.165, 1.54) is 0 Å². The van der Waals surface area contributed by atoms with E-state index in [4.69, 9.17) is 0 Å². The first kappa shape index (κ1) is 29.9. The van der Waals surface area contributed by atoms with Crippen molar-refractivity contribution in [3.63, 3.8) is 0 Å². The molecule has 0 bridgehead atoms. The second-order valence-electron chi connectivity index (χ2n) is 0. The van der Waals surface area contributed by atoms with Crippen molar-refractivity contribution in [3.05, 3.63) is 0 Å². The summed E-state index contributed by atoms with van der Waals surface area (Å²) in [5.74, 6) is 0. The van der Waals surface area contributed by atoms with Crippen molar-refractivity contribution in [2.75, 3.05) is 0 Å². The molecule has 0 aliphatic carbocycles. The average molecular weight is 527 g/mol. The van der Waals surface area contributed by atoms with Crippen LogP contribution in [0.3, 0.4) is 0 Å². The average Bonchev–Trinajstić information content (AvgIpc) is 0. The van der Waals surface area contributed by atoms with E-state index in [2.05, 4.69) is 0 Å². The molecule has 0 unspecified atom stereocenters. The van der Waals surface area contributed by atoms with Gasteiger partial charge in [-0.25, -0.2) is 0 Å². The first-order valence-corrected chi connectivity index (χ1v) is 0. The minimum Gasteiger partial charge on any atom is 0 e. The summed E-state index contributed by atoms with van der Waals surface area (Å²) in [6.07, 6.45) is 0. The molecule has 0 fully saturated rings. The molecule has 0 rings (SSSR count). The van der Waals surface area contributed by atoms with Crippen LogP contribution in [0, 0.1) is 0 Å². The Morgan fingerprint density at radius 1 is 1.00 bits per heavy atom. The van der Waals surface area contributed by atoms with E-state index in [1.807, 2.05) is 0 Å². The van der Waals surface area contributed by atoms with Crippen LogP contribution < -0.4 is 0 Å². The fraction of sp³-hybridized carbons (Fsp3) is 0. The van der Waals surface area contributed by atoms with Gasteiger partial charge in [0.05, 0.1) is 0 Å². The summed E-state index contributed by atoms with van der Waals surface area (Å²) in [4.78, 5) is 0. The van der Waals surface area contributed by atoms with E-state index >= 15 is 0 Å². The van der Waals surface area contributed by atoms with Gasteiger partial charge in [-0.05, 0) is 0 Å². The second kappa shape index (κ2) is 17.3. The standard InChI is InChI=1S/Ag.Al.Au.Pt. The SMILES string of the molecule is [Ag].[Al].[Au].[Pt]. The van der Waals surface area contributed by atoms with E-state index < -0.39 is 0 Å². The van der Waals surface area contributed by atoms with Gasteiger partial charge in [-0.3, -0.25) is 0 Å². The smallest absolute Gasteiger partial charge is 0 e. The first-order chi connectivity index (χ1) is 0. The van der Waals surface area contributed by atoms with Crippen molar-refractivity contribution in [3.8, 4) is 0 Å². The Bertz CT molecular complexity index is 8.00. The third-order valence-electron chi connectivity index (χ3n) is 0. The molecule has 0 amide bonds. The van der Waals surface area contributed by atoms with Crippen molar-refractivity contribution in [2.45, 2.75) is 0 Å². The summed E-state index contributed by atoms with van der Waals surface area (Å²) < 4.78 is 0. The van der Waals surface area contributed by atoms with Crippen LogP contribution in [0.15, 0.2) is 0 Å². The largest absolute Gasteiger partial charge is 0 e. The fourth-order valence-electron chi connectivity index (χ4n) is 0. The molecule has 0 saturated carbocycles. The fourth-order valence-corrected chi connectivity index (χ4v) is 0. The predicted octanol–water partition coefficient (Wildman–Crippen LogP) is -0.388. The van der Waals surface area contributed by atoms with Crippen molar-refractivity contribution in [2.24, 2.45) is 0 Å². The van der Waals surface area contributed by atoms with Crippen molar-refractivity contribution in [1.29, 1.82) is 0 Å². The maximum atomic E-state index is 0. The van der Waals surface area contributed by atoms with Gasteiger partial charge >= 0.3 is 0 Å². The summed E-state index contributed by atoms with van der Waals surface area (Å²) in [6.45, 7) is 0. The number of rotatable bonds is 0. The van der Waals surface area contributed by atoms with Crippen molar-refractivity contribution in [1.82, 2.24) is 0 Å². The molecule has 4 heavy (non-hydrogen) atoms. The molecule has 0 aromatic rings. The molecule has 0 N–H and O–H groups in total. The van der Waals surface area contributed by atoms with Crippen LogP contribution in [0.1, 0.15) is 0 Å². The van der Waals surface area contributed by atoms with Gasteiger partial charge in [0.2, 0.25) is 0 Å². The maximum Gasteiger partial charge on any atom is 0 e. The van der Waals surface area contributed by atoms with Crippen molar-refractivity contribution < 1.29 is 65.8 Å². The van der Waals surface area contributed by atoms with Crippen molar-refractivity contribution >= 4 is 17.4 Å². The number of hydrogen-bond acceptors (Lipinski definition) is 0. The molecule has 0 aromatic heterocycles. The molecule has 35 valence electrons. The van der Waals surface area contributed by atoms with Gasteiger partial charge in [-0.2, -0.15) is 0 Å². The van der Waals surface area contributed by atoms with E-state index in [1.54, 1.807) is 0 Å². The molecular weight excluding hydrogens is 527 g/mol. The molecule has 0 saturated heterocycles. The molecule has 0 spiro atoms. The summed E-state index contributed by atoms with van der Waals surface area (Å²) in [5.41, 5.74) is 0. The normalized spacial score (nSPS) is 0. The van der Waals surface area contributed by atoms with Crippen LogP contribution in [-0.2, 0) is 65.8 Å². The van der Waals surface area contributed by atoms with Gasteiger partial charge in [0, 0.05) is 83.2 Å². The molecule has 0 aliphatic rings. The summed E-state index contributed by atoms with van der Waals surface area (Å²) in [6, 6.07) is 0. The molecular formula is AgAlAuPt. The maximum absolute atomic E-state index is 0. The van der Waals surface area contributed by atoms with E-state index in [0.717, 1.165) is 0 Å². The third-order valence-corrected chi connectivity index (χ3v) is 0. The van der Waals surface area contributed by atoms with Crippen LogP contribution in [0.25, 0.3) is 0 Å². The molecule has 4 heteroatoms.